The Morgan fingerprint density at radius 2 is 2.05 bits per heavy atom. The quantitative estimate of drug-likeness (QED) is 0.831. The average molecular weight is 347 g/mol. The van der Waals surface area contributed by atoms with Gasteiger partial charge in [0.25, 0.3) is 0 Å². The third-order valence-electron chi connectivity index (χ3n) is 2.21. The normalized spacial score (nSPS) is 10.7. The van der Waals surface area contributed by atoms with Gasteiger partial charge < -0.3 is 15.4 Å². The first kappa shape index (κ1) is 19.8. The SMILES string of the molecule is CNCCC(=O)Nc1cc(Cl)ccc1OCC(F)(F)F.Cl. The van der Waals surface area contributed by atoms with Crippen LogP contribution in [0.5, 0.6) is 5.75 Å². The lowest BCUT2D eigenvalue weighted by molar-refractivity contribution is -0.153. The number of halogens is 5. The van der Waals surface area contributed by atoms with Gasteiger partial charge in [0.05, 0.1) is 5.69 Å². The van der Waals surface area contributed by atoms with Crippen molar-refractivity contribution in [1.29, 1.82) is 0 Å². The van der Waals surface area contributed by atoms with E-state index in [1.165, 1.54) is 18.2 Å². The Balaban J connectivity index is 0.00000400. The van der Waals surface area contributed by atoms with E-state index in [9.17, 15) is 18.0 Å². The number of carbonyl (C=O) groups is 1. The van der Waals surface area contributed by atoms with Crippen LogP contribution in [0.2, 0.25) is 5.02 Å². The van der Waals surface area contributed by atoms with Crippen molar-refractivity contribution < 1.29 is 22.7 Å². The predicted octanol–water partition coefficient (Wildman–Crippen LogP) is 3.25. The molecule has 0 heterocycles. The fraction of sp³-hybridized carbons (Fsp3) is 0.417. The standard InChI is InChI=1S/C12H14ClF3N2O2.ClH/c1-17-5-4-11(19)18-9-6-8(13)2-3-10(9)20-7-12(14,15)16;/h2-3,6,17H,4-5,7H2,1H3,(H,18,19);1H. The minimum Gasteiger partial charge on any atom is -0.482 e. The van der Waals surface area contributed by atoms with Crippen molar-refractivity contribution in [3.05, 3.63) is 23.2 Å². The van der Waals surface area contributed by atoms with Crippen LogP contribution in [0.4, 0.5) is 18.9 Å². The summed E-state index contributed by atoms with van der Waals surface area (Å²) in [5, 5.41) is 5.54. The molecule has 9 heteroatoms. The van der Waals surface area contributed by atoms with Crippen molar-refractivity contribution in [3.8, 4) is 5.75 Å². The molecule has 1 rings (SSSR count). The zero-order valence-corrected chi connectivity index (χ0v) is 12.7. The lowest BCUT2D eigenvalue weighted by Crippen LogP contribution is -2.21. The molecule has 1 amide bonds. The van der Waals surface area contributed by atoms with E-state index in [4.69, 9.17) is 11.6 Å². The first-order chi connectivity index (χ1) is 9.31. The first-order valence-electron chi connectivity index (χ1n) is 5.75. The van der Waals surface area contributed by atoms with Gasteiger partial charge >= 0.3 is 6.18 Å². The summed E-state index contributed by atoms with van der Waals surface area (Å²) in [5.74, 6) is -0.428. The van der Waals surface area contributed by atoms with Gasteiger partial charge in [0.1, 0.15) is 5.75 Å². The molecular weight excluding hydrogens is 332 g/mol. The molecule has 0 saturated carbocycles. The van der Waals surface area contributed by atoms with E-state index in [-0.39, 0.29) is 41.2 Å². The Labute approximate surface area is 131 Å². The number of benzene rings is 1. The van der Waals surface area contributed by atoms with Crippen molar-refractivity contribution in [2.24, 2.45) is 0 Å². The summed E-state index contributed by atoms with van der Waals surface area (Å²) in [6, 6.07) is 4.00. The fourth-order valence-electron chi connectivity index (χ4n) is 1.34. The molecule has 0 saturated heterocycles. The summed E-state index contributed by atoms with van der Waals surface area (Å²) < 4.78 is 41.1. The summed E-state index contributed by atoms with van der Waals surface area (Å²) in [6.45, 7) is -0.987. The van der Waals surface area contributed by atoms with Crippen molar-refractivity contribution >= 4 is 35.6 Å². The Bertz CT molecular complexity index is 470. The van der Waals surface area contributed by atoms with Crippen LogP contribution in [0.3, 0.4) is 0 Å². The Morgan fingerprint density at radius 3 is 2.62 bits per heavy atom. The molecule has 0 radical (unpaired) electrons. The highest BCUT2D eigenvalue weighted by Crippen LogP contribution is 2.29. The molecule has 4 nitrogen and oxygen atoms in total. The monoisotopic (exact) mass is 346 g/mol. The minimum atomic E-state index is -4.45. The van der Waals surface area contributed by atoms with Crippen LogP contribution in [0.15, 0.2) is 18.2 Å². The van der Waals surface area contributed by atoms with E-state index in [2.05, 4.69) is 15.4 Å². The summed E-state index contributed by atoms with van der Waals surface area (Å²) in [6.07, 6.45) is -4.27. The maximum Gasteiger partial charge on any atom is 0.422 e. The van der Waals surface area contributed by atoms with Crippen LogP contribution in [0.1, 0.15) is 6.42 Å². The van der Waals surface area contributed by atoms with Crippen molar-refractivity contribution in [3.63, 3.8) is 0 Å². The van der Waals surface area contributed by atoms with Gasteiger partial charge in [-0.1, -0.05) is 11.6 Å². The van der Waals surface area contributed by atoms with Crippen LogP contribution < -0.4 is 15.4 Å². The number of carbonyl (C=O) groups excluding carboxylic acids is 1. The number of rotatable bonds is 6. The van der Waals surface area contributed by atoms with Crippen LogP contribution in [0.25, 0.3) is 0 Å². The maximum absolute atomic E-state index is 12.1. The zero-order valence-electron chi connectivity index (χ0n) is 11.1. The summed E-state index contributed by atoms with van der Waals surface area (Å²) in [7, 11) is 1.69. The second kappa shape index (κ2) is 8.96. The average Bonchev–Trinajstić information content (AvgIpc) is 2.34. The molecule has 120 valence electrons. The number of alkyl halides is 3. The van der Waals surface area contributed by atoms with Gasteiger partial charge in [-0.05, 0) is 25.2 Å². The molecule has 2 N–H and O–H groups in total. The first-order valence-corrected chi connectivity index (χ1v) is 6.13. The predicted molar refractivity (Wildman–Crippen MR) is 77.4 cm³/mol. The van der Waals surface area contributed by atoms with Crippen LogP contribution in [0, 0.1) is 0 Å². The lowest BCUT2D eigenvalue weighted by atomic mass is 10.2. The molecule has 0 aliphatic carbocycles. The van der Waals surface area contributed by atoms with E-state index in [1.54, 1.807) is 7.05 Å². The third kappa shape index (κ3) is 7.99. The van der Waals surface area contributed by atoms with E-state index in [1.807, 2.05) is 0 Å². The summed E-state index contributed by atoms with van der Waals surface area (Å²) in [5.41, 5.74) is 0.114. The molecule has 0 aromatic heterocycles. The van der Waals surface area contributed by atoms with Crippen molar-refractivity contribution in [2.45, 2.75) is 12.6 Å². The van der Waals surface area contributed by atoms with Crippen LogP contribution in [-0.4, -0.2) is 32.3 Å². The Hall–Kier alpha value is -1.18. The largest absolute Gasteiger partial charge is 0.482 e. The molecule has 0 fully saturated rings. The highest BCUT2D eigenvalue weighted by Gasteiger charge is 2.29. The van der Waals surface area contributed by atoms with Gasteiger partial charge in [-0.25, -0.2) is 0 Å². The zero-order chi connectivity index (χ0) is 15.2. The number of hydrogen-bond acceptors (Lipinski definition) is 3. The van der Waals surface area contributed by atoms with Gasteiger partial charge in [0.15, 0.2) is 6.61 Å². The van der Waals surface area contributed by atoms with Crippen LogP contribution in [-0.2, 0) is 4.79 Å². The molecule has 21 heavy (non-hydrogen) atoms. The highest BCUT2D eigenvalue weighted by molar-refractivity contribution is 6.31. The van der Waals surface area contributed by atoms with Gasteiger partial charge in [-0.2, -0.15) is 13.2 Å². The molecule has 1 aromatic carbocycles. The number of hydrogen-bond donors (Lipinski definition) is 2. The smallest absolute Gasteiger partial charge is 0.422 e. The van der Waals surface area contributed by atoms with Gasteiger partial charge in [-0.15, -0.1) is 12.4 Å². The fourth-order valence-corrected chi connectivity index (χ4v) is 1.51. The lowest BCUT2D eigenvalue weighted by Gasteiger charge is -2.14. The van der Waals surface area contributed by atoms with E-state index >= 15 is 0 Å². The number of nitrogens with one attached hydrogen (secondary N) is 2. The van der Waals surface area contributed by atoms with Gasteiger partial charge in [-0.3, -0.25) is 4.79 Å². The maximum atomic E-state index is 12.1. The summed E-state index contributed by atoms with van der Waals surface area (Å²) in [4.78, 5) is 11.6. The number of ether oxygens (including phenoxy) is 1. The third-order valence-corrected chi connectivity index (χ3v) is 2.44. The molecule has 0 bridgehead atoms. The van der Waals surface area contributed by atoms with Crippen LogP contribution >= 0.6 is 24.0 Å². The van der Waals surface area contributed by atoms with Crippen molar-refractivity contribution in [1.82, 2.24) is 5.32 Å². The highest BCUT2D eigenvalue weighted by atomic mass is 35.5. The van der Waals surface area contributed by atoms with Crippen molar-refractivity contribution in [2.75, 3.05) is 25.5 Å². The molecule has 0 aliphatic rings. The van der Waals surface area contributed by atoms with E-state index < -0.39 is 12.8 Å². The topological polar surface area (TPSA) is 50.4 Å². The number of anilines is 1. The molecule has 0 spiro atoms. The second-order valence-corrected chi connectivity index (χ2v) is 4.38. The number of amides is 1. The minimum absolute atomic E-state index is 0. The van der Waals surface area contributed by atoms with E-state index in [0.717, 1.165) is 0 Å². The molecule has 1 aromatic rings. The Kier molecular flexibility index (Phi) is 8.46. The second-order valence-electron chi connectivity index (χ2n) is 3.95. The molecule has 0 unspecified atom stereocenters. The summed E-state index contributed by atoms with van der Waals surface area (Å²) >= 11 is 5.75. The molecular formula is C12H15Cl2F3N2O2. The van der Waals surface area contributed by atoms with Gasteiger partial charge in [0, 0.05) is 18.0 Å². The van der Waals surface area contributed by atoms with E-state index in [0.29, 0.717) is 6.54 Å². The molecule has 0 atom stereocenters. The van der Waals surface area contributed by atoms with Gasteiger partial charge in [0.2, 0.25) is 5.91 Å². The molecule has 0 aliphatic heterocycles. The Morgan fingerprint density at radius 1 is 1.38 bits per heavy atom.